The Morgan fingerprint density at radius 3 is 2.17 bits per heavy atom. The molecule has 0 aliphatic heterocycles. The number of hydrogen-bond acceptors (Lipinski definition) is 2. The zero-order chi connectivity index (χ0) is 14.0. The average molecular weight is 254 g/mol. The molecule has 18 heavy (non-hydrogen) atoms. The third kappa shape index (κ3) is 4.08. The van der Waals surface area contributed by atoms with E-state index in [4.69, 9.17) is 4.74 Å². The Kier molecular flexibility index (Phi) is 4.99. The topological polar surface area (TPSA) is 26.3 Å². The first kappa shape index (κ1) is 15.7. The molecule has 0 aromatic carbocycles. The van der Waals surface area contributed by atoms with Crippen molar-refractivity contribution in [3.63, 3.8) is 0 Å². The van der Waals surface area contributed by atoms with Crippen LogP contribution < -0.4 is 0 Å². The van der Waals surface area contributed by atoms with Crippen molar-refractivity contribution in [3.8, 4) is 0 Å². The molecule has 0 heterocycles. The highest BCUT2D eigenvalue weighted by atomic mass is 16.5. The molecule has 0 saturated heterocycles. The first-order chi connectivity index (χ1) is 8.15. The van der Waals surface area contributed by atoms with Crippen molar-refractivity contribution in [3.05, 3.63) is 0 Å². The van der Waals surface area contributed by atoms with Gasteiger partial charge in [-0.15, -0.1) is 0 Å². The molecule has 0 aromatic heterocycles. The number of Topliss-reactive ketones (excluding diaryl/α,β-unsaturated/α-hetero) is 1. The minimum Gasteiger partial charge on any atom is -0.367 e. The molecule has 0 spiro atoms. The van der Waals surface area contributed by atoms with Crippen LogP contribution in [0.4, 0.5) is 0 Å². The van der Waals surface area contributed by atoms with E-state index in [2.05, 4.69) is 41.5 Å². The molecule has 2 heteroatoms. The highest BCUT2D eigenvalue weighted by molar-refractivity contribution is 5.80. The smallest absolute Gasteiger partial charge is 0.159 e. The summed E-state index contributed by atoms with van der Waals surface area (Å²) in [6.07, 6.45) is 4.33. The molecule has 0 radical (unpaired) electrons. The van der Waals surface area contributed by atoms with Gasteiger partial charge in [-0.3, -0.25) is 4.79 Å². The molecular formula is C16H30O2. The molecule has 1 rings (SSSR count). The van der Waals surface area contributed by atoms with Gasteiger partial charge in [0, 0.05) is 6.42 Å². The second kappa shape index (κ2) is 5.73. The zero-order valence-electron chi connectivity index (χ0n) is 13.0. The lowest BCUT2D eigenvalue weighted by Gasteiger charge is -2.44. The van der Waals surface area contributed by atoms with Crippen LogP contribution in [-0.4, -0.2) is 18.0 Å². The van der Waals surface area contributed by atoms with E-state index in [1.807, 2.05) is 0 Å². The number of ketones is 1. The molecule has 1 saturated carbocycles. The molecule has 1 aliphatic rings. The molecule has 0 bridgehead atoms. The Bertz CT molecular complexity index is 278. The monoisotopic (exact) mass is 254 g/mol. The van der Waals surface area contributed by atoms with Crippen LogP contribution in [0.2, 0.25) is 0 Å². The van der Waals surface area contributed by atoms with Crippen LogP contribution in [0, 0.1) is 17.3 Å². The number of ether oxygens (including phenoxy) is 1. The third-order valence-electron chi connectivity index (χ3n) is 4.50. The van der Waals surface area contributed by atoms with Gasteiger partial charge in [0.15, 0.2) is 5.78 Å². The van der Waals surface area contributed by atoms with E-state index < -0.39 is 0 Å². The van der Waals surface area contributed by atoms with Gasteiger partial charge < -0.3 is 4.74 Å². The molecule has 106 valence electrons. The summed E-state index contributed by atoms with van der Waals surface area (Å²) in [5.74, 6) is 1.32. The van der Waals surface area contributed by atoms with Gasteiger partial charge in [0.2, 0.25) is 0 Å². The fourth-order valence-corrected chi connectivity index (χ4v) is 2.95. The Labute approximate surface area is 112 Å². The molecule has 0 amide bonds. The van der Waals surface area contributed by atoms with Crippen molar-refractivity contribution in [2.24, 2.45) is 17.3 Å². The summed E-state index contributed by atoms with van der Waals surface area (Å²) in [6, 6.07) is 0. The second-order valence-corrected chi connectivity index (χ2v) is 7.48. The summed E-state index contributed by atoms with van der Waals surface area (Å²) in [4.78, 5) is 11.9. The van der Waals surface area contributed by atoms with Crippen LogP contribution in [0.3, 0.4) is 0 Å². The van der Waals surface area contributed by atoms with E-state index in [0.29, 0.717) is 18.3 Å². The second-order valence-electron chi connectivity index (χ2n) is 7.48. The minimum absolute atomic E-state index is 0.0607. The summed E-state index contributed by atoms with van der Waals surface area (Å²) in [6.45, 7) is 13.3. The van der Waals surface area contributed by atoms with Crippen molar-refractivity contribution in [1.29, 1.82) is 0 Å². The standard InChI is InChI=1S/C16H30O2/c1-12-8-7-9-13(2)16(12,6)18-11-14(17)10-15(3,4)5/h12-13H,7-11H2,1-6H3. The number of hydrogen-bond donors (Lipinski definition) is 0. The Morgan fingerprint density at radius 1 is 1.22 bits per heavy atom. The van der Waals surface area contributed by atoms with Crippen LogP contribution in [0.1, 0.15) is 67.2 Å². The number of rotatable bonds is 4. The summed E-state index contributed by atoms with van der Waals surface area (Å²) >= 11 is 0. The van der Waals surface area contributed by atoms with Gasteiger partial charge in [-0.1, -0.05) is 41.0 Å². The molecule has 2 atom stereocenters. The first-order valence-corrected chi connectivity index (χ1v) is 7.31. The SMILES string of the molecule is CC1CCCC(C)C1(C)OCC(=O)CC(C)(C)C. The predicted molar refractivity (Wildman–Crippen MR) is 75.6 cm³/mol. The van der Waals surface area contributed by atoms with E-state index >= 15 is 0 Å². The van der Waals surface area contributed by atoms with Gasteiger partial charge in [0.05, 0.1) is 5.60 Å². The predicted octanol–water partition coefficient (Wildman–Crippen LogP) is 4.22. The van der Waals surface area contributed by atoms with Gasteiger partial charge >= 0.3 is 0 Å². The highest BCUT2D eigenvalue weighted by Crippen LogP contribution is 2.40. The van der Waals surface area contributed by atoms with Crippen molar-refractivity contribution in [1.82, 2.24) is 0 Å². The van der Waals surface area contributed by atoms with E-state index in [0.717, 1.165) is 0 Å². The lowest BCUT2D eigenvalue weighted by atomic mass is 9.71. The van der Waals surface area contributed by atoms with E-state index in [-0.39, 0.29) is 23.4 Å². The summed E-state index contributed by atoms with van der Waals surface area (Å²) < 4.78 is 6.05. The van der Waals surface area contributed by atoms with Gasteiger partial charge in [0.25, 0.3) is 0 Å². The quantitative estimate of drug-likeness (QED) is 0.750. The van der Waals surface area contributed by atoms with Gasteiger partial charge in [0.1, 0.15) is 6.61 Å². The fourth-order valence-electron chi connectivity index (χ4n) is 2.95. The molecule has 2 unspecified atom stereocenters. The van der Waals surface area contributed by atoms with Crippen LogP contribution in [0.15, 0.2) is 0 Å². The highest BCUT2D eigenvalue weighted by Gasteiger charge is 2.40. The van der Waals surface area contributed by atoms with Gasteiger partial charge in [-0.25, -0.2) is 0 Å². The van der Waals surface area contributed by atoms with Crippen molar-refractivity contribution >= 4 is 5.78 Å². The average Bonchev–Trinajstić information content (AvgIpc) is 2.21. The van der Waals surface area contributed by atoms with Gasteiger partial charge in [-0.05, 0) is 37.0 Å². The molecular weight excluding hydrogens is 224 g/mol. The molecule has 0 aromatic rings. The van der Waals surface area contributed by atoms with Crippen LogP contribution in [0.25, 0.3) is 0 Å². The van der Waals surface area contributed by atoms with Crippen LogP contribution >= 0.6 is 0 Å². The molecule has 1 aliphatic carbocycles. The number of carbonyl (C=O) groups excluding carboxylic acids is 1. The summed E-state index contributed by atoms with van der Waals surface area (Å²) in [5, 5.41) is 0. The Hall–Kier alpha value is -0.370. The maximum absolute atomic E-state index is 11.9. The van der Waals surface area contributed by atoms with Crippen LogP contribution in [0.5, 0.6) is 0 Å². The van der Waals surface area contributed by atoms with Crippen molar-refractivity contribution < 1.29 is 9.53 Å². The zero-order valence-corrected chi connectivity index (χ0v) is 13.0. The lowest BCUT2D eigenvalue weighted by Crippen LogP contribution is -2.46. The minimum atomic E-state index is -0.119. The fraction of sp³-hybridized carbons (Fsp3) is 0.938. The van der Waals surface area contributed by atoms with Crippen molar-refractivity contribution in [2.45, 2.75) is 72.8 Å². The van der Waals surface area contributed by atoms with Gasteiger partial charge in [-0.2, -0.15) is 0 Å². The van der Waals surface area contributed by atoms with E-state index in [1.54, 1.807) is 0 Å². The largest absolute Gasteiger partial charge is 0.367 e. The summed E-state index contributed by atoms with van der Waals surface area (Å²) in [7, 11) is 0. The first-order valence-electron chi connectivity index (χ1n) is 7.31. The summed E-state index contributed by atoms with van der Waals surface area (Å²) in [5.41, 5.74) is -0.0586. The number of carbonyl (C=O) groups is 1. The van der Waals surface area contributed by atoms with Crippen LogP contribution in [-0.2, 0) is 9.53 Å². The maximum Gasteiger partial charge on any atom is 0.159 e. The van der Waals surface area contributed by atoms with E-state index in [9.17, 15) is 4.79 Å². The maximum atomic E-state index is 11.9. The molecule has 1 fully saturated rings. The lowest BCUT2D eigenvalue weighted by molar-refractivity contribution is -0.148. The molecule has 0 N–H and O–H groups in total. The van der Waals surface area contributed by atoms with E-state index in [1.165, 1.54) is 19.3 Å². The molecule has 2 nitrogen and oxygen atoms in total. The Balaban J connectivity index is 2.53. The third-order valence-corrected chi connectivity index (χ3v) is 4.50. The van der Waals surface area contributed by atoms with Crippen molar-refractivity contribution in [2.75, 3.05) is 6.61 Å². The Morgan fingerprint density at radius 2 is 1.72 bits per heavy atom. The normalized spacial score (nSPS) is 33.4.